The van der Waals surface area contributed by atoms with Crippen LogP contribution in [-0.4, -0.2) is 22.4 Å². The molecule has 2 aromatic carbocycles. The number of benzene rings is 2. The van der Waals surface area contributed by atoms with Gasteiger partial charge in [-0.3, -0.25) is 9.36 Å². The van der Waals surface area contributed by atoms with Crippen molar-refractivity contribution in [1.82, 2.24) is 9.55 Å². The van der Waals surface area contributed by atoms with Gasteiger partial charge in [-0.05, 0) is 36.2 Å². The molecule has 0 saturated carbocycles. The first kappa shape index (κ1) is 15.6. The molecule has 5 heteroatoms. The second kappa shape index (κ2) is 6.87. The molecule has 0 atom stereocenters. The maximum absolute atomic E-state index is 12.3. The third-order valence-electron chi connectivity index (χ3n) is 3.72. The van der Waals surface area contributed by atoms with E-state index in [1.54, 1.807) is 30.5 Å². The Bertz CT molecular complexity index is 872. The Kier molecular flexibility index (Phi) is 4.67. The highest BCUT2D eigenvalue weighted by Crippen LogP contribution is 2.19. The van der Waals surface area contributed by atoms with Crippen LogP contribution < -0.4 is 10.3 Å². The van der Waals surface area contributed by atoms with Gasteiger partial charge in [0, 0.05) is 12.8 Å². The van der Waals surface area contributed by atoms with E-state index >= 15 is 0 Å². The average Bonchev–Trinajstić information content (AvgIpc) is 2.60. The molecule has 4 nitrogen and oxygen atoms in total. The third-order valence-corrected chi connectivity index (χ3v) is 4.75. The molecule has 0 N–H and O–H groups in total. The number of nitrogens with zero attached hydrogens (tertiary/aromatic N) is 2. The van der Waals surface area contributed by atoms with E-state index in [9.17, 15) is 4.79 Å². The van der Waals surface area contributed by atoms with Gasteiger partial charge in [-0.25, -0.2) is 4.98 Å². The summed E-state index contributed by atoms with van der Waals surface area (Å²) in [6, 6.07) is 15.5. The van der Waals surface area contributed by atoms with Crippen LogP contribution in [0.15, 0.2) is 58.5 Å². The van der Waals surface area contributed by atoms with Crippen molar-refractivity contribution in [2.45, 2.75) is 11.6 Å². The summed E-state index contributed by atoms with van der Waals surface area (Å²) in [5.41, 5.74) is 1.99. The summed E-state index contributed by atoms with van der Waals surface area (Å²) in [5.74, 6) is 1.73. The second-order valence-electron chi connectivity index (χ2n) is 5.22. The van der Waals surface area contributed by atoms with Crippen LogP contribution in [-0.2, 0) is 13.5 Å². The zero-order chi connectivity index (χ0) is 16.2. The molecule has 0 bridgehead atoms. The van der Waals surface area contributed by atoms with Gasteiger partial charge in [0.1, 0.15) is 5.75 Å². The Morgan fingerprint density at radius 2 is 1.87 bits per heavy atom. The van der Waals surface area contributed by atoms with E-state index in [2.05, 4.69) is 17.1 Å². The monoisotopic (exact) mass is 326 g/mol. The molecular formula is C18H18N2O2S. The number of hydrogen-bond acceptors (Lipinski definition) is 4. The zero-order valence-corrected chi connectivity index (χ0v) is 14.0. The first-order chi connectivity index (χ1) is 11.2. The van der Waals surface area contributed by atoms with Crippen LogP contribution in [0.4, 0.5) is 0 Å². The number of ether oxygens (including phenoxy) is 1. The van der Waals surface area contributed by atoms with E-state index < -0.39 is 0 Å². The lowest BCUT2D eigenvalue weighted by Crippen LogP contribution is -2.20. The number of aromatic nitrogens is 2. The van der Waals surface area contributed by atoms with Gasteiger partial charge in [0.15, 0.2) is 5.16 Å². The maximum Gasteiger partial charge on any atom is 0.261 e. The molecule has 1 aromatic heterocycles. The fourth-order valence-electron chi connectivity index (χ4n) is 2.38. The summed E-state index contributed by atoms with van der Waals surface area (Å²) in [6.45, 7) is 0. The van der Waals surface area contributed by atoms with E-state index in [4.69, 9.17) is 4.74 Å². The predicted octanol–water partition coefficient (Wildman–Crippen LogP) is 3.28. The highest BCUT2D eigenvalue weighted by molar-refractivity contribution is 7.99. The Morgan fingerprint density at radius 1 is 1.13 bits per heavy atom. The van der Waals surface area contributed by atoms with Crippen LogP contribution >= 0.6 is 11.8 Å². The van der Waals surface area contributed by atoms with E-state index in [1.807, 2.05) is 36.4 Å². The average molecular weight is 326 g/mol. The van der Waals surface area contributed by atoms with Crippen LogP contribution in [0.2, 0.25) is 0 Å². The summed E-state index contributed by atoms with van der Waals surface area (Å²) >= 11 is 1.60. The molecule has 1 heterocycles. The highest BCUT2D eigenvalue weighted by atomic mass is 32.2. The number of thioether (sulfide) groups is 1. The summed E-state index contributed by atoms with van der Waals surface area (Å²) in [4.78, 5) is 16.9. The number of rotatable bonds is 5. The van der Waals surface area contributed by atoms with Crippen molar-refractivity contribution in [2.24, 2.45) is 7.05 Å². The number of aryl methyl sites for hydroxylation is 1. The lowest BCUT2D eigenvalue weighted by Gasteiger charge is -2.08. The molecule has 0 spiro atoms. The number of methoxy groups -OCH3 is 1. The van der Waals surface area contributed by atoms with Crippen molar-refractivity contribution < 1.29 is 4.74 Å². The summed E-state index contributed by atoms with van der Waals surface area (Å²) < 4.78 is 6.79. The van der Waals surface area contributed by atoms with Gasteiger partial charge in [0.2, 0.25) is 0 Å². The second-order valence-corrected chi connectivity index (χ2v) is 6.28. The van der Waals surface area contributed by atoms with Crippen molar-refractivity contribution in [3.05, 3.63) is 64.4 Å². The molecule has 0 aliphatic carbocycles. The van der Waals surface area contributed by atoms with Gasteiger partial charge in [0.05, 0.1) is 18.0 Å². The normalized spacial score (nSPS) is 10.9. The van der Waals surface area contributed by atoms with Gasteiger partial charge >= 0.3 is 0 Å². The lowest BCUT2D eigenvalue weighted by molar-refractivity contribution is 0.414. The molecule has 3 aromatic rings. The molecular weight excluding hydrogens is 308 g/mol. The Labute approximate surface area is 139 Å². The topological polar surface area (TPSA) is 44.1 Å². The molecule has 0 aliphatic heterocycles. The highest BCUT2D eigenvalue weighted by Gasteiger charge is 2.08. The molecule has 3 rings (SSSR count). The molecule has 0 radical (unpaired) electrons. The van der Waals surface area contributed by atoms with Crippen LogP contribution in [0, 0.1) is 0 Å². The van der Waals surface area contributed by atoms with Crippen molar-refractivity contribution in [3.8, 4) is 5.75 Å². The first-order valence-corrected chi connectivity index (χ1v) is 8.39. The fourth-order valence-corrected chi connectivity index (χ4v) is 3.34. The summed E-state index contributed by atoms with van der Waals surface area (Å²) in [6.07, 6.45) is 0.914. The maximum atomic E-state index is 12.3. The zero-order valence-electron chi connectivity index (χ0n) is 13.2. The largest absolute Gasteiger partial charge is 0.497 e. The standard InChI is InChI=1S/C18H18N2O2S/c1-20-17(21)15-5-3-4-6-16(15)19-18(20)23-12-11-13-7-9-14(22-2)10-8-13/h3-10H,11-12H2,1-2H3. The van der Waals surface area contributed by atoms with Crippen LogP contribution in [0.1, 0.15) is 5.56 Å². The van der Waals surface area contributed by atoms with E-state index in [0.29, 0.717) is 5.39 Å². The number of fused-ring (bicyclic) bond motifs is 1. The van der Waals surface area contributed by atoms with Crippen molar-refractivity contribution in [2.75, 3.05) is 12.9 Å². The lowest BCUT2D eigenvalue weighted by atomic mass is 10.2. The molecule has 0 fully saturated rings. The third kappa shape index (κ3) is 3.40. The van der Waals surface area contributed by atoms with Crippen molar-refractivity contribution in [3.63, 3.8) is 0 Å². The van der Waals surface area contributed by atoms with E-state index in [1.165, 1.54) is 5.56 Å². The van der Waals surface area contributed by atoms with Crippen LogP contribution in [0.5, 0.6) is 5.75 Å². The minimum Gasteiger partial charge on any atom is -0.497 e. The molecule has 0 saturated heterocycles. The van der Waals surface area contributed by atoms with E-state index in [0.717, 1.165) is 28.6 Å². The van der Waals surface area contributed by atoms with Gasteiger partial charge < -0.3 is 4.74 Å². The number of hydrogen-bond donors (Lipinski definition) is 0. The van der Waals surface area contributed by atoms with Gasteiger partial charge in [0.25, 0.3) is 5.56 Å². The summed E-state index contributed by atoms with van der Waals surface area (Å²) in [7, 11) is 3.44. The molecule has 23 heavy (non-hydrogen) atoms. The van der Waals surface area contributed by atoms with Crippen LogP contribution in [0.25, 0.3) is 10.9 Å². The quantitative estimate of drug-likeness (QED) is 0.533. The van der Waals surface area contributed by atoms with Gasteiger partial charge in [-0.2, -0.15) is 0 Å². The molecule has 0 aliphatic rings. The van der Waals surface area contributed by atoms with Crippen molar-refractivity contribution in [1.29, 1.82) is 0 Å². The first-order valence-electron chi connectivity index (χ1n) is 7.40. The van der Waals surface area contributed by atoms with Crippen LogP contribution in [0.3, 0.4) is 0 Å². The minimum absolute atomic E-state index is 0.00236. The molecule has 0 unspecified atom stereocenters. The van der Waals surface area contributed by atoms with Gasteiger partial charge in [-0.1, -0.05) is 36.0 Å². The number of para-hydroxylation sites is 1. The van der Waals surface area contributed by atoms with Gasteiger partial charge in [-0.15, -0.1) is 0 Å². The Hall–Kier alpha value is -2.27. The fraction of sp³-hybridized carbons (Fsp3) is 0.222. The Morgan fingerprint density at radius 3 is 2.61 bits per heavy atom. The Balaban J connectivity index is 1.74. The molecule has 118 valence electrons. The summed E-state index contributed by atoms with van der Waals surface area (Å²) in [5, 5.41) is 1.41. The smallest absolute Gasteiger partial charge is 0.261 e. The van der Waals surface area contributed by atoms with E-state index in [-0.39, 0.29) is 5.56 Å². The SMILES string of the molecule is COc1ccc(CCSc2nc3ccccc3c(=O)n2C)cc1. The minimum atomic E-state index is 0.00236. The molecule has 0 amide bonds. The van der Waals surface area contributed by atoms with Crippen molar-refractivity contribution >= 4 is 22.7 Å². The predicted molar refractivity (Wildman–Crippen MR) is 94.4 cm³/mol.